The molecular weight excluding hydrogens is 701 g/mol. The van der Waals surface area contributed by atoms with Crippen molar-refractivity contribution in [3.63, 3.8) is 0 Å². The number of hydrogen-bond acceptors (Lipinski definition) is 2. The Bertz CT molecular complexity index is 2700. The Morgan fingerprint density at radius 3 is 0.845 bits per heavy atom. The van der Waals surface area contributed by atoms with Gasteiger partial charge in [0.1, 0.15) is 0 Å². The lowest BCUT2D eigenvalue weighted by Crippen LogP contribution is -2.00. The molecule has 0 fully saturated rings. The lowest BCUT2D eigenvalue weighted by Gasteiger charge is -2.22. The number of hydrogen-bond donors (Lipinski definition) is 2. The predicted molar refractivity (Wildman–Crippen MR) is 248 cm³/mol. The molecular formula is C56H40N2. The lowest BCUT2D eigenvalue weighted by molar-refractivity contribution is 1.52. The predicted octanol–water partition coefficient (Wildman–Crippen LogP) is 15.8. The highest BCUT2D eigenvalue weighted by Crippen LogP contribution is 2.46. The van der Waals surface area contributed by atoms with Crippen LogP contribution in [0.15, 0.2) is 231 Å². The van der Waals surface area contributed by atoms with Crippen LogP contribution in [0.3, 0.4) is 0 Å². The third kappa shape index (κ3) is 7.00. The zero-order valence-corrected chi connectivity index (χ0v) is 31.9. The number of fused-ring (bicyclic) bond motifs is 2. The van der Waals surface area contributed by atoms with Gasteiger partial charge >= 0.3 is 0 Å². The van der Waals surface area contributed by atoms with Crippen molar-refractivity contribution in [3.05, 3.63) is 231 Å². The van der Waals surface area contributed by atoms with Crippen LogP contribution in [0.1, 0.15) is 0 Å². The van der Waals surface area contributed by atoms with Crippen molar-refractivity contribution >= 4 is 44.3 Å². The van der Waals surface area contributed by atoms with Crippen LogP contribution in [0, 0.1) is 0 Å². The van der Waals surface area contributed by atoms with Gasteiger partial charge in [0.05, 0.1) is 0 Å². The minimum absolute atomic E-state index is 1.02. The number of rotatable bonds is 9. The van der Waals surface area contributed by atoms with E-state index in [0.717, 1.165) is 56.1 Å². The molecule has 0 atom stereocenters. The fraction of sp³-hybridized carbons (Fsp3) is 0. The zero-order chi connectivity index (χ0) is 38.7. The van der Waals surface area contributed by atoms with Gasteiger partial charge in [0.2, 0.25) is 0 Å². The summed E-state index contributed by atoms with van der Waals surface area (Å²) < 4.78 is 0. The van der Waals surface area contributed by atoms with Gasteiger partial charge in [-0.25, -0.2) is 0 Å². The van der Waals surface area contributed by atoms with Crippen molar-refractivity contribution < 1.29 is 0 Å². The minimum atomic E-state index is 1.02. The first-order valence-electron chi connectivity index (χ1n) is 19.8. The Morgan fingerprint density at radius 1 is 0.224 bits per heavy atom. The van der Waals surface area contributed by atoms with E-state index >= 15 is 0 Å². The molecule has 0 aliphatic rings. The topological polar surface area (TPSA) is 24.1 Å². The first-order valence-corrected chi connectivity index (χ1v) is 19.8. The standard InChI is InChI=1S/C56H40N2/c1-5-17-39(18-6-1)45-33-46(40-19-7-2-8-20-40)36-49(35-45)57-53-31-29-43-25-13-15-27-51(43)55(53)56-52-28-16-14-26-44(52)30-32-54(56)58-50-37-47(41-21-9-3-10-22-41)34-48(38-50)42-23-11-4-12-24-42/h1-38,57-58H. The van der Waals surface area contributed by atoms with Crippen molar-refractivity contribution in [3.8, 4) is 55.6 Å². The third-order valence-electron chi connectivity index (χ3n) is 11.0. The summed E-state index contributed by atoms with van der Waals surface area (Å²) in [6.45, 7) is 0. The van der Waals surface area contributed by atoms with Gasteiger partial charge in [-0.1, -0.05) is 182 Å². The smallest absolute Gasteiger partial charge is 0.0471 e. The van der Waals surface area contributed by atoms with Crippen molar-refractivity contribution in [1.29, 1.82) is 0 Å². The van der Waals surface area contributed by atoms with Crippen LogP contribution in [0.25, 0.3) is 77.2 Å². The van der Waals surface area contributed by atoms with E-state index < -0.39 is 0 Å². The number of benzene rings is 10. The molecule has 0 amide bonds. The summed E-state index contributed by atoms with van der Waals surface area (Å²) in [5, 5.41) is 12.7. The van der Waals surface area contributed by atoms with Crippen molar-refractivity contribution in [2.75, 3.05) is 10.6 Å². The Kier molecular flexibility index (Phi) is 9.27. The summed E-state index contributed by atoms with van der Waals surface area (Å²) in [5.41, 5.74) is 15.7. The molecule has 58 heavy (non-hydrogen) atoms. The lowest BCUT2D eigenvalue weighted by atomic mass is 9.90. The summed E-state index contributed by atoms with van der Waals surface area (Å²) in [4.78, 5) is 0. The molecule has 0 spiro atoms. The van der Waals surface area contributed by atoms with Gasteiger partial charge < -0.3 is 10.6 Å². The molecule has 0 radical (unpaired) electrons. The Morgan fingerprint density at radius 2 is 0.517 bits per heavy atom. The van der Waals surface area contributed by atoms with E-state index in [2.05, 4.69) is 241 Å². The molecule has 0 aliphatic heterocycles. The summed E-state index contributed by atoms with van der Waals surface area (Å²) >= 11 is 0. The van der Waals surface area contributed by atoms with Crippen molar-refractivity contribution in [2.24, 2.45) is 0 Å². The molecule has 0 aliphatic carbocycles. The van der Waals surface area contributed by atoms with Crippen molar-refractivity contribution in [2.45, 2.75) is 0 Å². The maximum Gasteiger partial charge on any atom is 0.0471 e. The van der Waals surface area contributed by atoms with E-state index in [4.69, 9.17) is 0 Å². The van der Waals surface area contributed by atoms with Crippen LogP contribution in [0.4, 0.5) is 22.7 Å². The second-order valence-electron chi connectivity index (χ2n) is 14.7. The highest BCUT2D eigenvalue weighted by Gasteiger charge is 2.19. The molecule has 10 rings (SSSR count). The van der Waals surface area contributed by atoms with Gasteiger partial charge in [0, 0.05) is 33.9 Å². The first kappa shape index (κ1) is 34.8. The molecule has 274 valence electrons. The quantitative estimate of drug-likeness (QED) is 0.154. The third-order valence-corrected chi connectivity index (χ3v) is 11.0. The molecule has 10 aromatic rings. The summed E-state index contributed by atoms with van der Waals surface area (Å²) in [6.07, 6.45) is 0. The summed E-state index contributed by atoms with van der Waals surface area (Å²) in [6, 6.07) is 82.6. The fourth-order valence-electron chi connectivity index (χ4n) is 8.19. The second kappa shape index (κ2) is 15.5. The highest BCUT2D eigenvalue weighted by atomic mass is 14.9. The summed E-state index contributed by atoms with van der Waals surface area (Å²) in [5.74, 6) is 0. The number of nitrogens with one attached hydrogen (secondary N) is 2. The maximum absolute atomic E-state index is 3.97. The van der Waals surface area contributed by atoms with Gasteiger partial charge in [0.15, 0.2) is 0 Å². The average Bonchev–Trinajstić information content (AvgIpc) is 3.30. The summed E-state index contributed by atoms with van der Waals surface area (Å²) in [7, 11) is 0. The van der Waals surface area contributed by atoms with E-state index in [9.17, 15) is 0 Å². The van der Waals surface area contributed by atoms with Crippen LogP contribution < -0.4 is 10.6 Å². The molecule has 0 aromatic heterocycles. The van der Waals surface area contributed by atoms with Crippen LogP contribution in [-0.2, 0) is 0 Å². The Hall–Kier alpha value is -7.68. The van der Waals surface area contributed by atoms with E-state index in [1.54, 1.807) is 0 Å². The van der Waals surface area contributed by atoms with Gasteiger partial charge in [-0.3, -0.25) is 0 Å². The van der Waals surface area contributed by atoms with Crippen LogP contribution in [-0.4, -0.2) is 0 Å². The monoisotopic (exact) mass is 740 g/mol. The van der Waals surface area contributed by atoms with Gasteiger partial charge in [-0.2, -0.15) is 0 Å². The van der Waals surface area contributed by atoms with E-state index in [0.29, 0.717) is 0 Å². The Labute approximate surface area is 339 Å². The zero-order valence-electron chi connectivity index (χ0n) is 31.9. The Balaban J connectivity index is 1.17. The molecule has 0 heterocycles. The van der Waals surface area contributed by atoms with E-state index in [1.165, 1.54) is 43.8 Å². The molecule has 2 nitrogen and oxygen atoms in total. The minimum Gasteiger partial charge on any atom is -0.355 e. The van der Waals surface area contributed by atoms with Gasteiger partial charge in [-0.05, 0) is 115 Å². The van der Waals surface area contributed by atoms with E-state index in [-0.39, 0.29) is 0 Å². The maximum atomic E-state index is 3.97. The normalized spacial score (nSPS) is 11.1. The SMILES string of the molecule is c1ccc(-c2cc(Nc3ccc4ccccc4c3-c3c(Nc4cc(-c5ccccc5)cc(-c5ccccc5)c4)ccc4ccccc34)cc(-c3ccccc3)c2)cc1. The molecule has 0 saturated carbocycles. The fourth-order valence-corrected chi connectivity index (χ4v) is 8.19. The molecule has 2 heteroatoms. The van der Waals surface area contributed by atoms with Crippen LogP contribution in [0.5, 0.6) is 0 Å². The van der Waals surface area contributed by atoms with Gasteiger partial charge in [0.25, 0.3) is 0 Å². The van der Waals surface area contributed by atoms with E-state index in [1.807, 2.05) is 0 Å². The molecule has 0 bridgehead atoms. The largest absolute Gasteiger partial charge is 0.355 e. The number of anilines is 4. The van der Waals surface area contributed by atoms with Gasteiger partial charge in [-0.15, -0.1) is 0 Å². The van der Waals surface area contributed by atoms with Crippen LogP contribution in [0.2, 0.25) is 0 Å². The molecule has 0 saturated heterocycles. The molecule has 0 unspecified atom stereocenters. The van der Waals surface area contributed by atoms with Crippen molar-refractivity contribution in [1.82, 2.24) is 0 Å². The first-order chi connectivity index (χ1) is 28.7. The highest BCUT2D eigenvalue weighted by molar-refractivity contribution is 6.14. The molecule has 2 N–H and O–H groups in total. The van der Waals surface area contributed by atoms with Crippen LogP contribution >= 0.6 is 0 Å². The average molecular weight is 741 g/mol. The second-order valence-corrected chi connectivity index (χ2v) is 14.7. The molecule has 10 aromatic carbocycles.